The average Bonchev–Trinajstić information content (AvgIpc) is 2.64. The van der Waals surface area contributed by atoms with Crippen LogP contribution >= 0.6 is 11.3 Å². The third-order valence-electron chi connectivity index (χ3n) is 1.79. The van der Waals surface area contributed by atoms with Gasteiger partial charge in [0, 0.05) is 17.3 Å². The van der Waals surface area contributed by atoms with Gasteiger partial charge in [-0.3, -0.25) is 0 Å². The molecule has 15 heavy (non-hydrogen) atoms. The molecule has 2 rings (SSSR count). The van der Waals surface area contributed by atoms with Crippen LogP contribution in [0.4, 0.5) is 11.8 Å². The molecule has 0 radical (unpaired) electrons. The van der Waals surface area contributed by atoms with Gasteiger partial charge in [-0.05, 0) is 13.6 Å². The van der Waals surface area contributed by atoms with Crippen molar-refractivity contribution >= 4 is 29.8 Å². The van der Waals surface area contributed by atoms with Crippen molar-refractivity contribution in [3.8, 4) is 10.6 Å². The van der Waals surface area contributed by atoms with E-state index in [2.05, 4.69) is 26.7 Å². The second kappa shape index (κ2) is 3.74. The largest absolute Gasteiger partial charge is 0.368 e. The van der Waals surface area contributed by atoms with Crippen LogP contribution in [0.1, 0.15) is 5.69 Å². The summed E-state index contributed by atoms with van der Waals surface area (Å²) in [6.07, 6.45) is 1.62. The Kier molecular flexibility index (Phi) is 2.42. The van der Waals surface area contributed by atoms with Crippen LogP contribution in [0.5, 0.6) is 0 Å². The minimum absolute atomic E-state index is 0.189. The highest BCUT2D eigenvalue weighted by atomic mass is 32.1. The van der Waals surface area contributed by atoms with Crippen molar-refractivity contribution < 1.29 is 0 Å². The van der Waals surface area contributed by atoms with Gasteiger partial charge in [-0.1, -0.05) is 0 Å². The van der Waals surface area contributed by atoms with Gasteiger partial charge in [-0.15, -0.1) is 11.3 Å². The van der Waals surface area contributed by atoms with E-state index in [9.17, 15) is 0 Å². The summed E-state index contributed by atoms with van der Waals surface area (Å²) in [7, 11) is 0. The van der Waals surface area contributed by atoms with Crippen LogP contribution in [-0.4, -0.2) is 21.7 Å². The van der Waals surface area contributed by atoms with E-state index < -0.39 is 0 Å². The average molecular weight is 219 g/mol. The van der Waals surface area contributed by atoms with Crippen molar-refractivity contribution in [3.63, 3.8) is 0 Å². The second-order valence-electron chi connectivity index (χ2n) is 2.92. The number of thiazole rings is 1. The SMILES string of the molecule is C=Nc1nc(N)ncc1-c1nc(C)cs1. The number of nitrogens with zero attached hydrogens (tertiary/aromatic N) is 4. The van der Waals surface area contributed by atoms with Crippen molar-refractivity contribution in [2.45, 2.75) is 6.92 Å². The molecule has 0 amide bonds. The first-order chi connectivity index (χ1) is 7.20. The highest BCUT2D eigenvalue weighted by Gasteiger charge is 2.09. The molecule has 5 nitrogen and oxygen atoms in total. The molecule has 0 atom stereocenters. The molecule has 2 heterocycles. The number of nitrogens with two attached hydrogens (primary N) is 1. The Hall–Kier alpha value is -1.82. The maximum Gasteiger partial charge on any atom is 0.222 e. The van der Waals surface area contributed by atoms with E-state index in [1.54, 1.807) is 6.20 Å². The molecule has 0 saturated carbocycles. The summed E-state index contributed by atoms with van der Waals surface area (Å²) in [5, 5.41) is 2.79. The Morgan fingerprint density at radius 2 is 2.27 bits per heavy atom. The molecule has 0 aliphatic rings. The van der Waals surface area contributed by atoms with Gasteiger partial charge in [0.1, 0.15) is 5.01 Å². The Morgan fingerprint density at radius 1 is 1.47 bits per heavy atom. The molecule has 0 saturated heterocycles. The summed E-state index contributed by atoms with van der Waals surface area (Å²) >= 11 is 1.52. The molecular weight excluding hydrogens is 210 g/mol. The molecule has 2 N–H and O–H groups in total. The molecule has 0 aliphatic carbocycles. The lowest BCUT2D eigenvalue weighted by Gasteiger charge is -2.00. The van der Waals surface area contributed by atoms with Gasteiger partial charge in [0.25, 0.3) is 0 Å². The van der Waals surface area contributed by atoms with E-state index in [4.69, 9.17) is 5.73 Å². The fourth-order valence-corrected chi connectivity index (χ4v) is 1.94. The first kappa shape index (κ1) is 9.72. The van der Waals surface area contributed by atoms with Crippen LogP contribution in [0, 0.1) is 6.92 Å². The van der Waals surface area contributed by atoms with Crippen LogP contribution in [0.25, 0.3) is 10.6 Å². The van der Waals surface area contributed by atoms with Gasteiger partial charge in [-0.25, -0.2) is 15.0 Å². The summed E-state index contributed by atoms with van der Waals surface area (Å²) in [5.74, 6) is 0.659. The van der Waals surface area contributed by atoms with Crippen molar-refractivity contribution in [2.24, 2.45) is 4.99 Å². The normalized spacial score (nSPS) is 10.2. The molecule has 76 valence electrons. The van der Waals surface area contributed by atoms with Crippen LogP contribution in [0.15, 0.2) is 16.6 Å². The first-order valence-corrected chi connectivity index (χ1v) is 5.10. The number of anilines is 1. The number of rotatable bonds is 2. The molecule has 0 spiro atoms. The van der Waals surface area contributed by atoms with Crippen molar-refractivity contribution in [3.05, 3.63) is 17.3 Å². The third-order valence-corrected chi connectivity index (χ3v) is 2.78. The Morgan fingerprint density at radius 3 is 2.87 bits per heavy atom. The van der Waals surface area contributed by atoms with Gasteiger partial charge in [-0.2, -0.15) is 4.98 Å². The number of hydrogen-bond acceptors (Lipinski definition) is 6. The molecule has 0 bridgehead atoms. The number of nitrogen functional groups attached to an aromatic ring is 1. The first-order valence-electron chi connectivity index (χ1n) is 4.22. The molecule has 0 fully saturated rings. The van der Waals surface area contributed by atoms with E-state index in [1.807, 2.05) is 12.3 Å². The fourth-order valence-electron chi connectivity index (χ4n) is 1.14. The Balaban J connectivity index is 2.57. The fraction of sp³-hybridized carbons (Fsp3) is 0.111. The predicted molar refractivity (Wildman–Crippen MR) is 61.5 cm³/mol. The lowest BCUT2D eigenvalue weighted by Crippen LogP contribution is -1.94. The summed E-state index contributed by atoms with van der Waals surface area (Å²) < 4.78 is 0. The highest BCUT2D eigenvalue weighted by Crippen LogP contribution is 2.30. The third kappa shape index (κ3) is 1.84. The van der Waals surface area contributed by atoms with Crippen molar-refractivity contribution in [1.82, 2.24) is 15.0 Å². The topological polar surface area (TPSA) is 77.0 Å². The second-order valence-corrected chi connectivity index (χ2v) is 3.78. The van der Waals surface area contributed by atoms with Gasteiger partial charge in [0.05, 0.1) is 5.56 Å². The van der Waals surface area contributed by atoms with Crippen LogP contribution < -0.4 is 5.73 Å². The zero-order valence-electron chi connectivity index (χ0n) is 8.14. The molecular formula is C9H9N5S. The monoisotopic (exact) mass is 219 g/mol. The van der Waals surface area contributed by atoms with Gasteiger partial charge >= 0.3 is 0 Å². The predicted octanol–water partition coefficient (Wildman–Crippen LogP) is 1.82. The van der Waals surface area contributed by atoms with Crippen molar-refractivity contribution in [1.29, 1.82) is 0 Å². The molecule has 0 unspecified atom stereocenters. The minimum Gasteiger partial charge on any atom is -0.368 e. The maximum absolute atomic E-state index is 5.46. The lowest BCUT2D eigenvalue weighted by molar-refractivity contribution is 1.16. The molecule has 6 heteroatoms. The zero-order chi connectivity index (χ0) is 10.8. The van der Waals surface area contributed by atoms with Gasteiger partial charge in [0.15, 0.2) is 5.82 Å². The van der Waals surface area contributed by atoms with E-state index >= 15 is 0 Å². The number of aromatic nitrogens is 3. The highest BCUT2D eigenvalue weighted by molar-refractivity contribution is 7.13. The molecule has 2 aromatic heterocycles. The van der Waals surface area contributed by atoms with Crippen LogP contribution in [0.3, 0.4) is 0 Å². The molecule has 2 aromatic rings. The quantitative estimate of drug-likeness (QED) is 0.781. The zero-order valence-corrected chi connectivity index (χ0v) is 8.95. The van der Waals surface area contributed by atoms with Crippen molar-refractivity contribution in [2.75, 3.05) is 5.73 Å². The summed E-state index contributed by atoms with van der Waals surface area (Å²) in [5.41, 5.74) is 7.18. The Labute approximate surface area is 90.8 Å². The number of hydrogen-bond donors (Lipinski definition) is 1. The van der Waals surface area contributed by atoms with Gasteiger partial charge in [0.2, 0.25) is 5.95 Å². The molecule has 0 aliphatic heterocycles. The lowest BCUT2D eigenvalue weighted by atomic mass is 10.3. The van der Waals surface area contributed by atoms with E-state index in [0.29, 0.717) is 5.82 Å². The smallest absolute Gasteiger partial charge is 0.222 e. The Bertz CT molecular complexity index is 505. The van der Waals surface area contributed by atoms with E-state index in [0.717, 1.165) is 16.3 Å². The number of aryl methyl sites for hydroxylation is 1. The van der Waals surface area contributed by atoms with E-state index in [1.165, 1.54) is 11.3 Å². The minimum atomic E-state index is 0.189. The summed E-state index contributed by atoms with van der Waals surface area (Å²) in [6, 6.07) is 0. The van der Waals surface area contributed by atoms with Crippen LogP contribution in [-0.2, 0) is 0 Å². The summed E-state index contributed by atoms with van der Waals surface area (Å²) in [4.78, 5) is 16.0. The van der Waals surface area contributed by atoms with Gasteiger partial charge < -0.3 is 5.73 Å². The maximum atomic E-state index is 5.46. The van der Waals surface area contributed by atoms with E-state index in [-0.39, 0.29) is 5.95 Å². The standard InChI is InChI=1S/C9H9N5S/c1-5-4-15-8(13-5)6-3-12-9(10)14-7(6)11-2/h3-4H,2H2,1H3,(H2,10,12,14). The van der Waals surface area contributed by atoms with Crippen LogP contribution in [0.2, 0.25) is 0 Å². The number of aliphatic imine (C=N–C) groups is 1. The summed E-state index contributed by atoms with van der Waals surface area (Å²) in [6.45, 7) is 5.38. The molecule has 0 aromatic carbocycles.